The Kier molecular flexibility index (Phi) is 1.77. The van der Waals surface area contributed by atoms with Crippen molar-refractivity contribution in [3.8, 4) is 0 Å². The molecule has 2 rings (SSSR count). The maximum Gasteiger partial charge on any atom is 0.276 e. The molecule has 0 saturated carbocycles. The number of hydrogen-bond acceptors (Lipinski definition) is 4. The normalized spacial score (nSPS) is 21.1. The van der Waals surface area contributed by atoms with Crippen molar-refractivity contribution in [1.82, 2.24) is 9.78 Å². The lowest BCUT2D eigenvalue weighted by Gasteiger charge is -2.26. The molecule has 74 valence electrons. The number of hydrogen-bond donors (Lipinski definition) is 0. The zero-order valence-electron chi connectivity index (χ0n) is 8.43. The second-order valence-corrected chi connectivity index (χ2v) is 4.42. The van der Waals surface area contributed by atoms with Crippen LogP contribution in [-0.2, 0) is 0 Å². The van der Waals surface area contributed by atoms with E-state index in [-0.39, 0.29) is 11.3 Å². The first kappa shape index (κ1) is 9.05. The van der Waals surface area contributed by atoms with E-state index in [1.807, 2.05) is 20.8 Å². The minimum atomic E-state index is -0.435. The molecule has 14 heavy (non-hydrogen) atoms. The lowest BCUT2D eigenvalue weighted by atomic mass is 9.86. The third-order valence-corrected chi connectivity index (χ3v) is 2.16. The van der Waals surface area contributed by atoms with Gasteiger partial charge in [-0.15, -0.1) is 5.11 Å². The van der Waals surface area contributed by atoms with Crippen molar-refractivity contribution in [3.05, 3.63) is 12.3 Å². The Labute approximate surface area is 81.8 Å². The van der Waals surface area contributed by atoms with Gasteiger partial charge in [0.05, 0.1) is 6.20 Å². The molecule has 0 fully saturated rings. The third kappa shape index (κ3) is 1.25. The fraction of sp³-hybridized carbons (Fsp3) is 0.556. The fourth-order valence-electron chi connectivity index (χ4n) is 1.37. The Hall–Kier alpha value is -1.52. The first-order valence-corrected chi connectivity index (χ1v) is 4.49. The molecule has 5 heteroatoms. The van der Waals surface area contributed by atoms with Gasteiger partial charge in [0.15, 0.2) is 11.9 Å². The summed E-state index contributed by atoms with van der Waals surface area (Å²) in [6.07, 6.45) is 1.55. The minimum absolute atomic E-state index is 0.104. The highest BCUT2D eigenvalue weighted by Gasteiger charge is 2.36. The highest BCUT2D eigenvalue weighted by atomic mass is 16.2. The molecule has 1 aliphatic rings. The van der Waals surface area contributed by atoms with Gasteiger partial charge in [-0.3, -0.25) is 4.79 Å². The van der Waals surface area contributed by atoms with Crippen LogP contribution in [0.4, 0.5) is 5.82 Å². The molecule has 0 amide bonds. The second kappa shape index (κ2) is 2.73. The summed E-state index contributed by atoms with van der Waals surface area (Å²) in [7, 11) is 0. The number of aromatic nitrogens is 2. The molecule has 0 spiro atoms. The van der Waals surface area contributed by atoms with Crippen LogP contribution in [0, 0.1) is 5.41 Å². The van der Waals surface area contributed by atoms with E-state index in [1.165, 1.54) is 4.68 Å². The summed E-state index contributed by atoms with van der Waals surface area (Å²) < 4.78 is 1.31. The SMILES string of the molecule is CC(C)(C)C1N=Nc2ccnn2C1=O. The first-order chi connectivity index (χ1) is 6.50. The maximum absolute atomic E-state index is 11.9. The fourth-order valence-corrected chi connectivity index (χ4v) is 1.37. The molecular formula is C9H12N4O. The van der Waals surface area contributed by atoms with E-state index in [1.54, 1.807) is 12.3 Å². The highest BCUT2D eigenvalue weighted by molar-refractivity contribution is 5.87. The minimum Gasteiger partial charge on any atom is -0.270 e. The Morgan fingerprint density at radius 2 is 2.14 bits per heavy atom. The summed E-state index contributed by atoms with van der Waals surface area (Å²) in [6.45, 7) is 5.88. The van der Waals surface area contributed by atoms with Crippen molar-refractivity contribution in [2.24, 2.45) is 15.6 Å². The zero-order valence-corrected chi connectivity index (χ0v) is 8.43. The average molecular weight is 192 g/mol. The summed E-state index contributed by atoms with van der Waals surface area (Å²) in [5.41, 5.74) is -0.218. The van der Waals surface area contributed by atoms with Crippen LogP contribution >= 0.6 is 0 Å². The van der Waals surface area contributed by atoms with Gasteiger partial charge in [0.1, 0.15) is 0 Å². The Bertz CT molecular complexity index is 399. The van der Waals surface area contributed by atoms with Crippen molar-refractivity contribution in [3.63, 3.8) is 0 Å². The molecule has 0 saturated heterocycles. The monoisotopic (exact) mass is 192 g/mol. The standard InChI is InChI=1S/C9H12N4O/c1-9(2,3)7-8(14)13-6(11-12-7)4-5-10-13/h4-5,7H,1-3H3. The topological polar surface area (TPSA) is 59.6 Å². The van der Waals surface area contributed by atoms with Gasteiger partial charge in [-0.05, 0) is 5.41 Å². The van der Waals surface area contributed by atoms with Crippen LogP contribution in [0.25, 0.3) is 0 Å². The van der Waals surface area contributed by atoms with Gasteiger partial charge in [-0.1, -0.05) is 20.8 Å². The van der Waals surface area contributed by atoms with Crippen molar-refractivity contribution in [1.29, 1.82) is 0 Å². The van der Waals surface area contributed by atoms with E-state index < -0.39 is 6.04 Å². The molecular weight excluding hydrogens is 180 g/mol. The van der Waals surface area contributed by atoms with E-state index >= 15 is 0 Å². The maximum atomic E-state index is 11.9. The Morgan fingerprint density at radius 3 is 2.79 bits per heavy atom. The van der Waals surface area contributed by atoms with Crippen LogP contribution in [0.1, 0.15) is 25.6 Å². The van der Waals surface area contributed by atoms with E-state index in [4.69, 9.17) is 0 Å². The quantitative estimate of drug-likeness (QED) is 0.631. The third-order valence-electron chi connectivity index (χ3n) is 2.16. The smallest absolute Gasteiger partial charge is 0.270 e. The van der Waals surface area contributed by atoms with Crippen LogP contribution in [-0.4, -0.2) is 21.7 Å². The van der Waals surface area contributed by atoms with Crippen LogP contribution in [0.15, 0.2) is 22.5 Å². The number of fused-ring (bicyclic) bond motifs is 1. The van der Waals surface area contributed by atoms with Gasteiger partial charge >= 0.3 is 0 Å². The molecule has 1 aromatic rings. The lowest BCUT2D eigenvalue weighted by Crippen LogP contribution is -2.38. The number of azo groups is 1. The van der Waals surface area contributed by atoms with Gasteiger partial charge in [-0.25, -0.2) is 0 Å². The molecule has 0 aliphatic carbocycles. The summed E-state index contributed by atoms with van der Waals surface area (Å²) in [5.74, 6) is 0.406. The molecule has 0 bridgehead atoms. The van der Waals surface area contributed by atoms with Crippen LogP contribution in [0.5, 0.6) is 0 Å². The Morgan fingerprint density at radius 1 is 1.43 bits per heavy atom. The van der Waals surface area contributed by atoms with Gasteiger partial charge in [-0.2, -0.15) is 14.9 Å². The highest BCUT2D eigenvalue weighted by Crippen LogP contribution is 2.29. The Balaban J connectivity index is 2.43. The van der Waals surface area contributed by atoms with Crippen molar-refractivity contribution < 1.29 is 4.79 Å². The van der Waals surface area contributed by atoms with Crippen molar-refractivity contribution in [2.45, 2.75) is 26.8 Å². The molecule has 2 heterocycles. The number of carbonyl (C=O) groups excluding carboxylic acids is 1. The zero-order chi connectivity index (χ0) is 10.3. The molecule has 1 unspecified atom stereocenters. The van der Waals surface area contributed by atoms with Crippen LogP contribution < -0.4 is 0 Å². The number of rotatable bonds is 0. The van der Waals surface area contributed by atoms with E-state index in [2.05, 4.69) is 15.3 Å². The van der Waals surface area contributed by atoms with Gasteiger partial charge in [0, 0.05) is 6.07 Å². The molecule has 0 aromatic carbocycles. The summed E-state index contributed by atoms with van der Waals surface area (Å²) in [6, 6.07) is 1.23. The average Bonchev–Trinajstić information content (AvgIpc) is 2.50. The molecule has 0 N–H and O–H groups in total. The summed E-state index contributed by atoms with van der Waals surface area (Å²) >= 11 is 0. The van der Waals surface area contributed by atoms with E-state index in [9.17, 15) is 4.79 Å². The largest absolute Gasteiger partial charge is 0.276 e. The van der Waals surface area contributed by atoms with Gasteiger partial charge < -0.3 is 0 Å². The van der Waals surface area contributed by atoms with E-state index in [0.29, 0.717) is 5.82 Å². The van der Waals surface area contributed by atoms with Gasteiger partial charge in [0.2, 0.25) is 0 Å². The summed E-state index contributed by atoms with van der Waals surface area (Å²) in [5, 5.41) is 11.9. The van der Waals surface area contributed by atoms with Crippen LogP contribution in [0.3, 0.4) is 0 Å². The van der Waals surface area contributed by atoms with Gasteiger partial charge in [0.25, 0.3) is 5.91 Å². The molecule has 0 radical (unpaired) electrons. The second-order valence-electron chi connectivity index (χ2n) is 4.42. The van der Waals surface area contributed by atoms with Crippen LogP contribution in [0.2, 0.25) is 0 Å². The molecule has 1 aliphatic heterocycles. The number of nitrogens with zero attached hydrogens (tertiary/aromatic N) is 4. The molecule has 1 aromatic heterocycles. The predicted molar refractivity (Wildman–Crippen MR) is 50.6 cm³/mol. The van der Waals surface area contributed by atoms with Crippen molar-refractivity contribution >= 4 is 11.7 Å². The summed E-state index contributed by atoms with van der Waals surface area (Å²) in [4.78, 5) is 11.9. The predicted octanol–water partition coefficient (Wildman–Crippen LogP) is 2.04. The van der Waals surface area contributed by atoms with Crippen molar-refractivity contribution in [2.75, 3.05) is 0 Å². The number of carbonyl (C=O) groups is 1. The lowest BCUT2D eigenvalue weighted by molar-refractivity contribution is 0.0785. The first-order valence-electron chi connectivity index (χ1n) is 4.49. The molecule has 1 atom stereocenters. The molecule has 5 nitrogen and oxygen atoms in total. The van der Waals surface area contributed by atoms with E-state index in [0.717, 1.165) is 0 Å².